The molecule has 0 amide bonds. The van der Waals surface area contributed by atoms with Gasteiger partial charge in [-0.15, -0.1) is 0 Å². The predicted octanol–water partition coefficient (Wildman–Crippen LogP) is 5.25. The minimum absolute atomic E-state index is 0.120. The molecule has 2 aliphatic rings. The fourth-order valence-electron chi connectivity index (χ4n) is 4.88. The summed E-state index contributed by atoms with van der Waals surface area (Å²) in [6, 6.07) is 5.26. The van der Waals surface area contributed by atoms with Gasteiger partial charge in [0.2, 0.25) is 0 Å². The lowest BCUT2D eigenvalue weighted by Crippen LogP contribution is -2.35. The lowest BCUT2D eigenvalue weighted by Gasteiger charge is -2.34. The van der Waals surface area contributed by atoms with E-state index >= 15 is 0 Å². The highest BCUT2D eigenvalue weighted by Gasteiger charge is 2.29. The molecule has 0 aliphatic heterocycles. The van der Waals surface area contributed by atoms with Crippen LogP contribution in [-0.4, -0.2) is 51.3 Å². The normalized spacial score (nSPS) is 21.3. The predicted molar refractivity (Wildman–Crippen MR) is 142 cm³/mol. The van der Waals surface area contributed by atoms with Crippen LogP contribution in [0, 0.1) is 5.92 Å². The third kappa shape index (κ3) is 6.06. The van der Waals surface area contributed by atoms with Crippen molar-refractivity contribution in [2.45, 2.75) is 70.2 Å². The van der Waals surface area contributed by atoms with Gasteiger partial charge in [-0.3, -0.25) is 4.68 Å². The summed E-state index contributed by atoms with van der Waals surface area (Å²) >= 11 is 0. The first-order chi connectivity index (χ1) is 18.8. The van der Waals surface area contributed by atoms with Gasteiger partial charge in [0.15, 0.2) is 5.82 Å². The van der Waals surface area contributed by atoms with Gasteiger partial charge in [0.05, 0.1) is 23.1 Å². The van der Waals surface area contributed by atoms with Crippen molar-refractivity contribution in [3.05, 3.63) is 49.2 Å². The van der Waals surface area contributed by atoms with Crippen LogP contribution in [0.3, 0.4) is 0 Å². The van der Waals surface area contributed by atoms with Crippen molar-refractivity contribution in [3.63, 3.8) is 0 Å². The zero-order chi connectivity index (χ0) is 27.0. The van der Waals surface area contributed by atoms with Crippen molar-refractivity contribution in [1.82, 2.24) is 34.5 Å². The molecule has 4 aromatic rings. The lowest BCUT2D eigenvalue weighted by molar-refractivity contribution is 0.0196. The number of nitrogens with one attached hydrogen (secondary N) is 2. The van der Waals surface area contributed by atoms with Gasteiger partial charge in [0.25, 0.3) is 0 Å². The summed E-state index contributed by atoms with van der Waals surface area (Å²) in [7, 11) is 0. The van der Waals surface area contributed by atoms with E-state index in [0.717, 1.165) is 30.9 Å². The molecule has 204 valence electrons. The number of hydrogen-bond acceptors (Lipinski definition) is 8. The molecule has 0 atom stereocenters. The summed E-state index contributed by atoms with van der Waals surface area (Å²) in [5.41, 5.74) is 1.90. The second-order valence-electron chi connectivity index (χ2n) is 10.8. The summed E-state index contributed by atoms with van der Waals surface area (Å²) < 4.78 is 28.9. The molecule has 0 unspecified atom stereocenters. The molecule has 2 saturated carbocycles. The molecule has 0 bridgehead atoms. The van der Waals surface area contributed by atoms with E-state index in [-0.39, 0.29) is 6.04 Å². The van der Waals surface area contributed by atoms with Crippen LogP contribution < -0.4 is 10.6 Å². The van der Waals surface area contributed by atoms with Gasteiger partial charge in [0.1, 0.15) is 11.6 Å². The molecule has 6 rings (SSSR count). The van der Waals surface area contributed by atoms with Crippen molar-refractivity contribution in [2.75, 3.05) is 10.6 Å². The van der Waals surface area contributed by atoms with E-state index in [0.29, 0.717) is 51.9 Å². The number of hydrogen-bond donors (Lipinski definition) is 3. The van der Waals surface area contributed by atoms with Crippen LogP contribution in [0.25, 0.3) is 22.6 Å². The van der Waals surface area contributed by atoms with Crippen LogP contribution in [0.15, 0.2) is 49.2 Å². The lowest BCUT2D eigenvalue weighted by atomic mass is 9.83. The number of rotatable bonds is 9. The first-order valence-electron chi connectivity index (χ1n) is 13.3. The zero-order valence-corrected chi connectivity index (χ0v) is 21.6. The van der Waals surface area contributed by atoms with Crippen LogP contribution in [0.5, 0.6) is 0 Å². The molecule has 2 fully saturated rings. The smallest absolute Gasteiger partial charge is 0.333 e. The van der Waals surface area contributed by atoms with Crippen LogP contribution >= 0.6 is 0 Å². The molecule has 4 aromatic heterocycles. The van der Waals surface area contributed by atoms with E-state index in [1.807, 2.05) is 23.9 Å². The number of nitrogens with zero attached hydrogens (tertiary/aromatic N) is 7. The summed E-state index contributed by atoms with van der Waals surface area (Å²) in [6.07, 6.45) is 13.7. The highest BCUT2D eigenvalue weighted by Crippen LogP contribution is 2.35. The Morgan fingerprint density at radius 3 is 2.67 bits per heavy atom. The molecule has 0 saturated heterocycles. The van der Waals surface area contributed by atoms with Gasteiger partial charge >= 0.3 is 6.55 Å². The van der Waals surface area contributed by atoms with Gasteiger partial charge in [0, 0.05) is 54.7 Å². The first-order valence-corrected chi connectivity index (χ1v) is 13.3. The number of aromatic nitrogens is 7. The Kier molecular flexibility index (Phi) is 6.71. The molecule has 4 heterocycles. The minimum atomic E-state index is -2.72. The highest BCUT2D eigenvalue weighted by molar-refractivity contribution is 5.78. The Bertz CT molecular complexity index is 1440. The average Bonchev–Trinajstić information content (AvgIpc) is 3.37. The third-order valence-corrected chi connectivity index (χ3v) is 7.36. The van der Waals surface area contributed by atoms with E-state index in [2.05, 4.69) is 35.8 Å². The van der Waals surface area contributed by atoms with E-state index in [1.165, 1.54) is 19.0 Å². The zero-order valence-electron chi connectivity index (χ0n) is 21.6. The fourth-order valence-corrected chi connectivity index (χ4v) is 4.88. The standard InChI is InChI=1S/C27H31F2N9O/c1-27(39)8-4-19(5-9-27)33-22-12-24(31-14-20(22)21-7-11-38(36-21)26(28)29)34-23-6-10-30-25(35-23)18-13-32-37(16-18)15-17-2-3-17/h6-7,10-14,16-17,19,26,39H,2-5,8-9,15H2,1H3,(H2,30,31,33,34,35). The van der Waals surface area contributed by atoms with Crippen molar-refractivity contribution >= 4 is 17.3 Å². The molecule has 0 radical (unpaired) electrons. The second-order valence-corrected chi connectivity index (χ2v) is 10.8. The molecule has 2 aliphatic carbocycles. The largest absolute Gasteiger partial charge is 0.390 e. The number of alkyl halides is 2. The van der Waals surface area contributed by atoms with Gasteiger partial charge in [-0.25, -0.2) is 19.6 Å². The molecular weight excluding hydrogens is 504 g/mol. The topological polar surface area (TPSA) is 119 Å². The fraction of sp³-hybridized carbons (Fsp3) is 0.444. The Balaban J connectivity index is 1.24. The van der Waals surface area contributed by atoms with Crippen molar-refractivity contribution in [1.29, 1.82) is 0 Å². The maximum absolute atomic E-state index is 13.2. The Morgan fingerprint density at radius 1 is 1.10 bits per heavy atom. The molecule has 10 nitrogen and oxygen atoms in total. The number of halogens is 2. The monoisotopic (exact) mass is 535 g/mol. The van der Waals surface area contributed by atoms with E-state index in [1.54, 1.807) is 30.7 Å². The van der Waals surface area contributed by atoms with E-state index in [4.69, 9.17) is 0 Å². The molecule has 0 spiro atoms. The Labute approximate surface area is 224 Å². The first kappa shape index (κ1) is 25.4. The van der Waals surface area contributed by atoms with Crippen LogP contribution in [0.4, 0.5) is 26.1 Å². The van der Waals surface area contributed by atoms with Crippen LogP contribution in [0.2, 0.25) is 0 Å². The van der Waals surface area contributed by atoms with Gasteiger partial charge < -0.3 is 15.7 Å². The van der Waals surface area contributed by atoms with Crippen molar-refractivity contribution in [3.8, 4) is 22.6 Å². The molecule has 0 aromatic carbocycles. The number of anilines is 3. The quantitative estimate of drug-likeness (QED) is 0.266. The summed E-state index contributed by atoms with van der Waals surface area (Å²) in [5, 5.41) is 25.6. The summed E-state index contributed by atoms with van der Waals surface area (Å²) in [6.45, 7) is 0.0455. The second kappa shape index (κ2) is 10.3. The number of aliphatic hydroxyl groups is 1. The highest BCUT2D eigenvalue weighted by atomic mass is 19.3. The van der Waals surface area contributed by atoms with Gasteiger partial charge in [-0.2, -0.15) is 19.0 Å². The molecule has 12 heteroatoms. The van der Waals surface area contributed by atoms with Crippen molar-refractivity contribution < 1.29 is 13.9 Å². The van der Waals surface area contributed by atoms with Crippen LogP contribution in [-0.2, 0) is 6.54 Å². The average molecular weight is 536 g/mol. The minimum Gasteiger partial charge on any atom is -0.390 e. The van der Waals surface area contributed by atoms with Gasteiger partial charge in [-0.05, 0) is 63.5 Å². The van der Waals surface area contributed by atoms with Crippen LogP contribution in [0.1, 0.15) is 52.0 Å². The van der Waals surface area contributed by atoms with E-state index in [9.17, 15) is 13.9 Å². The summed E-state index contributed by atoms with van der Waals surface area (Å²) in [5.74, 6) is 2.38. The van der Waals surface area contributed by atoms with E-state index < -0.39 is 12.2 Å². The molecule has 3 N–H and O–H groups in total. The SMILES string of the molecule is CC1(O)CCC(Nc2cc(Nc3ccnc(-c4cnn(CC5CC5)c4)n3)ncc2-c2ccn(C(F)F)n2)CC1. The van der Waals surface area contributed by atoms with Gasteiger partial charge in [-0.1, -0.05) is 0 Å². The Morgan fingerprint density at radius 2 is 1.92 bits per heavy atom. The van der Waals surface area contributed by atoms with Crippen molar-refractivity contribution in [2.24, 2.45) is 5.92 Å². The third-order valence-electron chi connectivity index (χ3n) is 7.36. The summed E-state index contributed by atoms with van der Waals surface area (Å²) in [4.78, 5) is 13.6. The number of pyridine rings is 1. The molecular formula is C27H31F2N9O. The Hall–Kier alpha value is -3.93. The maximum Gasteiger partial charge on any atom is 0.333 e. The maximum atomic E-state index is 13.2. The molecule has 39 heavy (non-hydrogen) atoms.